The van der Waals surface area contributed by atoms with Crippen LogP contribution in [0.1, 0.15) is 23.9 Å². The zero-order valence-corrected chi connectivity index (χ0v) is 11.9. The van der Waals surface area contributed by atoms with Crippen molar-refractivity contribution in [2.75, 3.05) is 7.11 Å². The van der Waals surface area contributed by atoms with Gasteiger partial charge in [-0.05, 0) is 30.2 Å². The van der Waals surface area contributed by atoms with E-state index >= 15 is 0 Å². The third kappa shape index (κ3) is 3.38. The lowest BCUT2D eigenvalue weighted by atomic mass is 10.2. The smallest absolute Gasteiger partial charge is 0.330 e. The molecule has 104 valence electrons. The molecule has 0 aliphatic rings. The number of hydrogen-bond donors (Lipinski definition) is 0. The van der Waals surface area contributed by atoms with Gasteiger partial charge < -0.3 is 9.30 Å². The van der Waals surface area contributed by atoms with Gasteiger partial charge in [0.1, 0.15) is 0 Å². The Kier molecular flexibility index (Phi) is 4.77. The van der Waals surface area contributed by atoms with Gasteiger partial charge in [0, 0.05) is 24.0 Å². The van der Waals surface area contributed by atoms with E-state index in [9.17, 15) is 4.79 Å². The van der Waals surface area contributed by atoms with Crippen LogP contribution in [0, 0.1) is 0 Å². The summed E-state index contributed by atoms with van der Waals surface area (Å²) in [4.78, 5) is 11.2. The molecule has 0 aliphatic heterocycles. The number of carbonyl (C=O) groups excluding carboxylic acids is 1. The largest absolute Gasteiger partial charge is 0.466 e. The van der Waals surface area contributed by atoms with Crippen LogP contribution < -0.4 is 0 Å². The molecule has 2 aromatic rings. The maximum Gasteiger partial charge on any atom is 0.330 e. The Morgan fingerprint density at radius 3 is 2.60 bits per heavy atom. The molecule has 0 N–H and O–H groups in total. The first-order chi connectivity index (χ1) is 9.74. The molecule has 0 saturated heterocycles. The van der Waals surface area contributed by atoms with E-state index in [1.807, 2.05) is 24.3 Å². The highest BCUT2D eigenvalue weighted by Gasteiger charge is 2.06. The molecule has 3 heteroatoms. The monoisotopic (exact) mass is 269 g/mol. The quantitative estimate of drug-likeness (QED) is 0.616. The fraction of sp³-hybridized carbons (Fsp3) is 0.235. The third-order valence-electron chi connectivity index (χ3n) is 3.24. The van der Waals surface area contributed by atoms with Crippen LogP contribution in [0.15, 0.2) is 48.5 Å². The van der Waals surface area contributed by atoms with Gasteiger partial charge in [0.15, 0.2) is 0 Å². The molecule has 3 nitrogen and oxygen atoms in total. The Morgan fingerprint density at radius 1 is 1.20 bits per heavy atom. The summed E-state index contributed by atoms with van der Waals surface area (Å²) in [5.41, 5.74) is 3.50. The van der Waals surface area contributed by atoms with Crippen LogP contribution in [0.3, 0.4) is 0 Å². The van der Waals surface area contributed by atoms with Gasteiger partial charge >= 0.3 is 5.97 Å². The molecule has 0 amide bonds. The predicted octanol–water partition coefficient (Wildman–Crippen LogP) is 3.29. The molecule has 0 fully saturated rings. The van der Waals surface area contributed by atoms with Crippen LogP contribution in [0.25, 0.3) is 6.08 Å². The lowest BCUT2D eigenvalue weighted by Gasteiger charge is -2.11. The lowest BCUT2D eigenvalue weighted by Crippen LogP contribution is -2.05. The molecular formula is C17H19NO2. The van der Waals surface area contributed by atoms with Gasteiger partial charge in [0.25, 0.3) is 0 Å². The fourth-order valence-electron chi connectivity index (χ4n) is 2.16. The minimum absolute atomic E-state index is 0.337. The summed E-state index contributed by atoms with van der Waals surface area (Å²) in [6.45, 7) is 2.93. The van der Waals surface area contributed by atoms with E-state index in [1.165, 1.54) is 24.4 Å². The Labute approximate surface area is 119 Å². The highest BCUT2D eigenvalue weighted by atomic mass is 16.5. The molecule has 0 aliphatic carbocycles. The molecule has 2 rings (SSSR count). The van der Waals surface area contributed by atoms with Crippen molar-refractivity contribution in [2.45, 2.75) is 19.9 Å². The predicted molar refractivity (Wildman–Crippen MR) is 80.4 cm³/mol. The van der Waals surface area contributed by atoms with E-state index in [2.05, 4.69) is 34.4 Å². The first kappa shape index (κ1) is 14.1. The summed E-state index contributed by atoms with van der Waals surface area (Å²) in [5, 5.41) is 0. The summed E-state index contributed by atoms with van der Waals surface area (Å²) in [6.07, 6.45) is 4.21. The minimum atomic E-state index is -0.337. The van der Waals surface area contributed by atoms with Crippen LogP contribution in [0.4, 0.5) is 0 Å². The lowest BCUT2D eigenvalue weighted by molar-refractivity contribution is -0.134. The topological polar surface area (TPSA) is 31.2 Å². The van der Waals surface area contributed by atoms with Gasteiger partial charge in [-0.2, -0.15) is 0 Å². The second kappa shape index (κ2) is 6.75. The van der Waals surface area contributed by atoms with Crippen LogP contribution in [-0.4, -0.2) is 17.6 Å². The summed E-state index contributed by atoms with van der Waals surface area (Å²) >= 11 is 0. The van der Waals surface area contributed by atoms with Gasteiger partial charge in [0.2, 0.25) is 0 Å². The Bertz CT molecular complexity index is 597. The Balaban J connectivity index is 2.28. The molecule has 0 radical (unpaired) electrons. The van der Waals surface area contributed by atoms with Crippen molar-refractivity contribution in [3.63, 3.8) is 0 Å². The van der Waals surface area contributed by atoms with Crippen molar-refractivity contribution < 1.29 is 9.53 Å². The average molecular weight is 269 g/mol. The van der Waals surface area contributed by atoms with E-state index in [0.717, 1.165) is 18.7 Å². The van der Waals surface area contributed by atoms with Gasteiger partial charge in [-0.25, -0.2) is 4.79 Å². The van der Waals surface area contributed by atoms with Gasteiger partial charge in [-0.1, -0.05) is 37.3 Å². The number of ether oxygens (including phenoxy) is 1. The molecule has 20 heavy (non-hydrogen) atoms. The summed E-state index contributed by atoms with van der Waals surface area (Å²) in [5.74, 6) is -0.337. The van der Waals surface area contributed by atoms with E-state index in [-0.39, 0.29) is 5.97 Å². The number of hydrogen-bond acceptors (Lipinski definition) is 2. The molecule has 1 heterocycles. The van der Waals surface area contributed by atoms with Crippen LogP contribution in [-0.2, 0) is 22.5 Å². The second-order valence-corrected chi connectivity index (χ2v) is 4.53. The zero-order chi connectivity index (χ0) is 14.4. The number of nitrogens with zero attached hydrogens (tertiary/aromatic N) is 1. The number of aryl methyl sites for hydroxylation is 1. The van der Waals surface area contributed by atoms with Gasteiger partial charge in [0.05, 0.1) is 7.11 Å². The Hall–Kier alpha value is -2.29. The molecule has 0 saturated carbocycles. The van der Waals surface area contributed by atoms with Crippen molar-refractivity contribution in [3.8, 4) is 0 Å². The van der Waals surface area contributed by atoms with E-state index in [0.29, 0.717) is 0 Å². The number of esters is 1. The Morgan fingerprint density at radius 2 is 1.95 bits per heavy atom. The first-order valence-electron chi connectivity index (χ1n) is 6.73. The molecule has 0 unspecified atom stereocenters. The summed E-state index contributed by atoms with van der Waals surface area (Å²) in [6, 6.07) is 14.4. The summed E-state index contributed by atoms with van der Waals surface area (Å²) < 4.78 is 6.85. The van der Waals surface area contributed by atoms with E-state index in [4.69, 9.17) is 0 Å². The molecule has 0 spiro atoms. The standard InChI is InChI=1S/C17H19NO2/c1-3-15-9-10-16(11-12-17(19)20-2)18(15)13-14-7-5-4-6-8-14/h4-12H,3,13H2,1-2H3. The molecule has 0 atom stereocenters. The maximum atomic E-state index is 11.2. The number of methoxy groups -OCH3 is 1. The third-order valence-corrected chi connectivity index (χ3v) is 3.24. The van der Waals surface area contributed by atoms with Gasteiger partial charge in [-0.15, -0.1) is 0 Å². The first-order valence-corrected chi connectivity index (χ1v) is 6.73. The minimum Gasteiger partial charge on any atom is -0.466 e. The second-order valence-electron chi connectivity index (χ2n) is 4.53. The van der Waals surface area contributed by atoms with Crippen molar-refractivity contribution in [1.29, 1.82) is 0 Å². The van der Waals surface area contributed by atoms with Crippen molar-refractivity contribution in [2.24, 2.45) is 0 Å². The van der Waals surface area contributed by atoms with E-state index in [1.54, 1.807) is 6.08 Å². The number of aromatic nitrogens is 1. The van der Waals surface area contributed by atoms with Crippen molar-refractivity contribution >= 4 is 12.0 Å². The molecular weight excluding hydrogens is 250 g/mol. The molecule has 0 bridgehead atoms. The average Bonchev–Trinajstić information content (AvgIpc) is 2.87. The van der Waals surface area contributed by atoms with Crippen LogP contribution in [0.5, 0.6) is 0 Å². The highest BCUT2D eigenvalue weighted by molar-refractivity contribution is 5.86. The molecule has 1 aromatic carbocycles. The molecule has 1 aromatic heterocycles. The highest BCUT2D eigenvalue weighted by Crippen LogP contribution is 2.15. The summed E-state index contributed by atoms with van der Waals surface area (Å²) in [7, 11) is 1.38. The maximum absolute atomic E-state index is 11.2. The number of benzene rings is 1. The van der Waals surface area contributed by atoms with Gasteiger partial charge in [-0.3, -0.25) is 0 Å². The van der Waals surface area contributed by atoms with Crippen LogP contribution in [0.2, 0.25) is 0 Å². The zero-order valence-electron chi connectivity index (χ0n) is 11.9. The van der Waals surface area contributed by atoms with Crippen molar-refractivity contribution in [3.05, 3.63) is 65.5 Å². The van der Waals surface area contributed by atoms with Crippen LogP contribution >= 0.6 is 0 Å². The SMILES string of the molecule is CCc1ccc(C=CC(=O)OC)n1Cc1ccccc1. The van der Waals surface area contributed by atoms with Crippen molar-refractivity contribution in [1.82, 2.24) is 4.57 Å². The van der Waals surface area contributed by atoms with E-state index < -0.39 is 0 Å². The number of rotatable bonds is 5. The fourth-order valence-corrected chi connectivity index (χ4v) is 2.16. The normalized spacial score (nSPS) is 10.9. The number of carbonyl (C=O) groups is 1.